The molecule has 0 amide bonds. The molecular weight excluding hydrogens is 396 g/mol. The normalized spacial score (nSPS) is 13.6. The Hall–Kier alpha value is -2.06. The van der Waals surface area contributed by atoms with Gasteiger partial charge in [-0.1, -0.05) is 12.1 Å². The minimum Gasteiger partial charge on any atom is -0.328 e. The van der Waals surface area contributed by atoms with Crippen LogP contribution in [0.3, 0.4) is 0 Å². The van der Waals surface area contributed by atoms with Gasteiger partial charge in [-0.2, -0.15) is 0 Å². The third-order valence-electron chi connectivity index (χ3n) is 4.46. The molecule has 0 spiro atoms. The van der Waals surface area contributed by atoms with Crippen LogP contribution in [0.5, 0.6) is 0 Å². The number of aryl methyl sites for hydroxylation is 1. The van der Waals surface area contributed by atoms with Crippen LogP contribution < -0.4 is 10.5 Å². The maximum absolute atomic E-state index is 12.7. The fourth-order valence-corrected chi connectivity index (χ4v) is 4.37. The van der Waals surface area contributed by atoms with E-state index in [1.54, 1.807) is 42.9 Å². The maximum atomic E-state index is 12.7. The van der Waals surface area contributed by atoms with E-state index < -0.39 is 10.0 Å². The molecule has 2 atom stereocenters. The molecule has 2 aromatic heterocycles. The van der Waals surface area contributed by atoms with E-state index in [-0.39, 0.29) is 29.4 Å². The molecule has 0 aliphatic carbocycles. The molecule has 0 aliphatic rings. The number of nitrogens with zero attached hydrogens (tertiary/aromatic N) is 2. The number of aromatic nitrogens is 2. The number of hydrogen-bond donors (Lipinski definition) is 2. The highest BCUT2D eigenvalue weighted by molar-refractivity contribution is 7.89. The minimum atomic E-state index is -3.60. The lowest BCUT2D eigenvalue weighted by Gasteiger charge is -2.19. The highest BCUT2D eigenvalue weighted by atomic mass is 35.5. The van der Waals surface area contributed by atoms with Gasteiger partial charge in [0.2, 0.25) is 10.0 Å². The van der Waals surface area contributed by atoms with Crippen molar-refractivity contribution in [2.24, 2.45) is 5.73 Å². The maximum Gasteiger partial charge on any atom is 0.240 e. The molecule has 1 aromatic carbocycles. The highest BCUT2D eigenvalue weighted by Gasteiger charge is 2.19. The lowest BCUT2D eigenvalue weighted by molar-refractivity contribution is 0.484. The molecule has 6 nitrogen and oxygen atoms in total. The van der Waals surface area contributed by atoms with Crippen molar-refractivity contribution in [3.63, 3.8) is 0 Å². The molecule has 3 aromatic rings. The first kappa shape index (κ1) is 22.2. The molecular formula is C20H25ClN4O2S. The van der Waals surface area contributed by atoms with E-state index in [4.69, 9.17) is 5.73 Å². The minimum absolute atomic E-state index is 0. The van der Waals surface area contributed by atoms with Crippen LogP contribution in [0.25, 0.3) is 10.8 Å². The van der Waals surface area contributed by atoms with Crippen molar-refractivity contribution in [2.45, 2.75) is 43.2 Å². The zero-order valence-electron chi connectivity index (χ0n) is 15.7. The summed E-state index contributed by atoms with van der Waals surface area (Å²) >= 11 is 0. The van der Waals surface area contributed by atoms with Crippen LogP contribution in [-0.4, -0.2) is 30.5 Å². The lowest BCUT2D eigenvalue weighted by Crippen LogP contribution is -2.37. The van der Waals surface area contributed by atoms with Gasteiger partial charge in [-0.05, 0) is 61.4 Å². The Balaban J connectivity index is 0.00000280. The summed E-state index contributed by atoms with van der Waals surface area (Å²) in [4.78, 5) is 8.38. The predicted molar refractivity (Wildman–Crippen MR) is 114 cm³/mol. The summed E-state index contributed by atoms with van der Waals surface area (Å²) in [5.41, 5.74) is 7.32. The fourth-order valence-electron chi connectivity index (χ4n) is 3.08. The van der Waals surface area contributed by atoms with Gasteiger partial charge in [0, 0.05) is 42.3 Å². The number of rotatable bonds is 8. The lowest BCUT2D eigenvalue weighted by atomic mass is 10.0. The van der Waals surface area contributed by atoms with Crippen LogP contribution in [-0.2, 0) is 16.4 Å². The zero-order valence-corrected chi connectivity index (χ0v) is 17.3. The van der Waals surface area contributed by atoms with Crippen molar-refractivity contribution in [1.29, 1.82) is 0 Å². The van der Waals surface area contributed by atoms with E-state index >= 15 is 0 Å². The fraction of sp³-hybridized carbons (Fsp3) is 0.300. The second kappa shape index (κ2) is 9.93. The Morgan fingerprint density at radius 3 is 2.61 bits per heavy atom. The number of nitrogens with two attached hydrogens (primary N) is 1. The summed E-state index contributed by atoms with van der Waals surface area (Å²) in [5, 5.41) is 1.75. The molecule has 0 saturated heterocycles. The third kappa shape index (κ3) is 5.97. The average Bonchev–Trinajstić information content (AvgIpc) is 2.66. The number of hydrogen-bond acceptors (Lipinski definition) is 5. The van der Waals surface area contributed by atoms with Crippen LogP contribution in [0.4, 0.5) is 0 Å². The Morgan fingerprint density at radius 2 is 1.86 bits per heavy atom. The first-order chi connectivity index (χ1) is 12.9. The standard InChI is InChI=1S/C20H24N4O2S.ClH/c1-15(11-19(21)6-4-16-3-2-9-22-13-16)24-27(25,26)20-7-5-18-14-23-10-8-17(18)12-20;/h2-3,5,7-10,12-15,19,24H,4,6,11,21H2,1H3;1H/t15-,19?;/m1./s1. The second-order valence-corrected chi connectivity index (χ2v) is 8.52. The van der Waals surface area contributed by atoms with Gasteiger partial charge in [0.1, 0.15) is 0 Å². The Labute approximate surface area is 172 Å². The largest absolute Gasteiger partial charge is 0.328 e. The van der Waals surface area contributed by atoms with Crippen LogP contribution >= 0.6 is 12.4 Å². The van der Waals surface area contributed by atoms with Crippen molar-refractivity contribution in [3.05, 3.63) is 66.7 Å². The molecule has 2 heterocycles. The smallest absolute Gasteiger partial charge is 0.240 e. The van der Waals surface area contributed by atoms with Crippen LogP contribution in [0.2, 0.25) is 0 Å². The van der Waals surface area contributed by atoms with Gasteiger partial charge in [0.15, 0.2) is 0 Å². The Kier molecular flexibility index (Phi) is 7.88. The van der Waals surface area contributed by atoms with Gasteiger partial charge >= 0.3 is 0 Å². The van der Waals surface area contributed by atoms with Crippen molar-refractivity contribution in [2.75, 3.05) is 0 Å². The van der Waals surface area contributed by atoms with Crippen molar-refractivity contribution in [1.82, 2.24) is 14.7 Å². The van der Waals surface area contributed by atoms with Crippen molar-refractivity contribution >= 4 is 33.2 Å². The molecule has 0 radical (unpaired) electrons. The number of fused-ring (bicyclic) bond motifs is 1. The Morgan fingerprint density at radius 1 is 1.07 bits per heavy atom. The first-order valence-corrected chi connectivity index (χ1v) is 10.4. The van der Waals surface area contributed by atoms with E-state index in [1.807, 2.05) is 25.3 Å². The zero-order chi connectivity index (χ0) is 19.3. The molecule has 0 fully saturated rings. The predicted octanol–water partition coefficient (Wildman–Crippen LogP) is 3.07. The topological polar surface area (TPSA) is 98.0 Å². The summed E-state index contributed by atoms with van der Waals surface area (Å²) in [6.07, 6.45) is 9.10. The second-order valence-electron chi connectivity index (χ2n) is 6.80. The molecule has 3 rings (SSSR count). The van der Waals surface area contributed by atoms with E-state index in [0.717, 1.165) is 29.2 Å². The van der Waals surface area contributed by atoms with Gasteiger partial charge in [-0.3, -0.25) is 9.97 Å². The van der Waals surface area contributed by atoms with Crippen molar-refractivity contribution in [3.8, 4) is 0 Å². The summed E-state index contributed by atoms with van der Waals surface area (Å²) in [6, 6.07) is 10.4. The van der Waals surface area contributed by atoms with E-state index in [0.29, 0.717) is 6.42 Å². The summed E-state index contributed by atoms with van der Waals surface area (Å²) in [6.45, 7) is 1.84. The number of halogens is 1. The van der Waals surface area contributed by atoms with E-state index in [1.165, 1.54) is 0 Å². The number of sulfonamides is 1. The van der Waals surface area contributed by atoms with Gasteiger partial charge in [0.05, 0.1) is 4.90 Å². The van der Waals surface area contributed by atoms with Gasteiger partial charge in [-0.25, -0.2) is 13.1 Å². The molecule has 1 unspecified atom stereocenters. The van der Waals surface area contributed by atoms with Gasteiger partial charge < -0.3 is 5.73 Å². The summed E-state index contributed by atoms with van der Waals surface area (Å²) in [7, 11) is -3.60. The molecule has 8 heteroatoms. The molecule has 28 heavy (non-hydrogen) atoms. The third-order valence-corrected chi connectivity index (χ3v) is 6.05. The number of nitrogens with one attached hydrogen (secondary N) is 1. The molecule has 0 bridgehead atoms. The molecule has 0 saturated carbocycles. The van der Waals surface area contributed by atoms with E-state index in [9.17, 15) is 8.42 Å². The van der Waals surface area contributed by atoms with Crippen molar-refractivity contribution < 1.29 is 8.42 Å². The first-order valence-electron chi connectivity index (χ1n) is 8.94. The summed E-state index contributed by atoms with van der Waals surface area (Å²) in [5.74, 6) is 0. The average molecular weight is 421 g/mol. The molecule has 150 valence electrons. The number of benzene rings is 1. The summed E-state index contributed by atoms with van der Waals surface area (Å²) < 4.78 is 28.1. The Bertz CT molecular complexity index is 999. The van der Waals surface area contributed by atoms with Crippen LogP contribution in [0.15, 0.2) is 66.1 Å². The number of pyridine rings is 2. The van der Waals surface area contributed by atoms with E-state index in [2.05, 4.69) is 14.7 Å². The molecule has 3 N–H and O–H groups in total. The van der Waals surface area contributed by atoms with Gasteiger partial charge in [0.25, 0.3) is 0 Å². The quantitative estimate of drug-likeness (QED) is 0.583. The monoisotopic (exact) mass is 420 g/mol. The van der Waals surface area contributed by atoms with Crippen LogP contribution in [0.1, 0.15) is 25.3 Å². The SMILES string of the molecule is C[C@H](CC(N)CCc1cccnc1)NS(=O)(=O)c1ccc2cnccc2c1.Cl. The highest BCUT2D eigenvalue weighted by Crippen LogP contribution is 2.18. The van der Waals surface area contributed by atoms with Gasteiger partial charge in [-0.15, -0.1) is 12.4 Å². The molecule has 0 aliphatic heterocycles. The van der Waals surface area contributed by atoms with Crippen LogP contribution in [0, 0.1) is 0 Å².